The van der Waals surface area contributed by atoms with Gasteiger partial charge in [0.1, 0.15) is 0 Å². The average Bonchev–Trinajstić information content (AvgIpc) is 3.29. The van der Waals surface area contributed by atoms with Crippen LogP contribution in [0.25, 0.3) is 54.2 Å². The summed E-state index contributed by atoms with van der Waals surface area (Å²) in [6, 6.07) is 77.6. The van der Waals surface area contributed by atoms with Crippen LogP contribution < -0.4 is 4.90 Å². The third-order valence-electron chi connectivity index (χ3n) is 10.4. The molecule has 1 nitrogen and oxygen atoms in total. The molecule has 58 heavy (non-hydrogen) atoms. The first kappa shape index (κ1) is 39.3. The van der Waals surface area contributed by atoms with Gasteiger partial charge in [-0.15, -0.1) is 0 Å². The van der Waals surface area contributed by atoms with Crippen LogP contribution in [0, 0.1) is 20.8 Å². The molecule has 0 radical (unpaired) electrons. The quantitative estimate of drug-likeness (QED) is 0.162. The zero-order valence-corrected chi connectivity index (χ0v) is 34.2. The highest BCUT2D eigenvalue weighted by Crippen LogP contribution is 2.42. The van der Waals surface area contributed by atoms with Crippen LogP contribution in [0.2, 0.25) is 0 Å². The third kappa shape index (κ3) is 8.86. The summed E-state index contributed by atoms with van der Waals surface area (Å²) in [5, 5.41) is 10.4. The number of aryl methyl sites for hydroxylation is 3. The average molecular weight is 750 g/mol. The first-order chi connectivity index (χ1) is 28.5. The van der Waals surface area contributed by atoms with Crippen molar-refractivity contribution in [1.29, 1.82) is 0 Å². The number of benzene rings is 10. The standard InChI is InChI=1S/C33H25N.C15H12.C7H8.C2H6/c1-24-15-17-25(18-16-24)26-19-21-29(22-20-26)34(28-10-3-2-4-11-28)33-23-27-9-5-6-12-30(27)31-13-7-8-14-32(31)33;1-11-10-12-6-2-3-8-14(12)15-9-5-4-7-13(11)15;1-7-5-3-2-4-6-7;1-2/h2-23H,1H3;2-10H,1H3;2-6H,1H3;1-2H3. The molecule has 10 aromatic rings. The molecule has 0 amide bonds. The van der Waals surface area contributed by atoms with Crippen molar-refractivity contribution in [2.75, 3.05) is 4.90 Å². The van der Waals surface area contributed by atoms with E-state index in [0.717, 1.165) is 11.4 Å². The lowest BCUT2D eigenvalue weighted by Crippen LogP contribution is -2.10. The second kappa shape index (κ2) is 18.8. The lowest BCUT2D eigenvalue weighted by molar-refractivity contribution is 1.30. The normalized spacial score (nSPS) is 10.5. The smallest absolute Gasteiger partial charge is 0.0546 e. The second-order valence-electron chi connectivity index (χ2n) is 14.4. The predicted molar refractivity (Wildman–Crippen MR) is 255 cm³/mol. The maximum atomic E-state index is 2.37. The summed E-state index contributed by atoms with van der Waals surface area (Å²) in [5.74, 6) is 0. The summed E-state index contributed by atoms with van der Waals surface area (Å²) >= 11 is 0. The van der Waals surface area contributed by atoms with E-state index in [9.17, 15) is 0 Å². The number of rotatable bonds is 4. The Morgan fingerprint density at radius 1 is 0.293 bits per heavy atom. The molecule has 10 rings (SSSR count). The molecule has 0 aliphatic rings. The van der Waals surface area contributed by atoms with Gasteiger partial charge in [0.2, 0.25) is 0 Å². The van der Waals surface area contributed by atoms with Gasteiger partial charge in [-0.3, -0.25) is 0 Å². The van der Waals surface area contributed by atoms with Crippen LogP contribution in [0.3, 0.4) is 0 Å². The molecule has 0 N–H and O–H groups in total. The Labute approximate surface area is 344 Å². The number of anilines is 3. The van der Waals surface area contributed by atoms with Crippen molar-refractivity contribution in [2.45, 2.75) is 34.6 Å². The van der Waals surface area contributed by atoms with Gasteiger partial charge in [0.15, 0.2) is 0 Å². The van der Waals surface area contributed by atoms with Crippen LogP contribution in [-0.2, 0) is 0 Å². The minimum Gasteiger partial charge on any atom is -0.310 e. The van der Waals surface area contributed by atoms with Gasteiger partial charge in [-0.25, -0.2) is 0 Å². The molecule has 284 valence electrons. The molecule has 0 atom stereocenters. The van der Waals surface area contributed by atoms with Crippen molar-refractivity contribution in [3.05, 3.63) is 235 Å². The number of nitrogens with zero attached hydrogens (tertiary/aromatic N) is 1. The van der Waals surface area contributed by atoms with E-state index in [0.29, 0.717) is 0 Å². The zero-order valence-electron chi connectivity index (χ0n) is 34.2. The molecular weight excluding hydrogens is 699 g/mol. The molecule has 10 aromatic carbocycles. The Balaban J connectivity index is 0.000000174. The van der Waals surface area contributed by atoms with Crippen LogP contribution in [-0.4, -0.2) is 0 Å². The summed E-state index contributed by atoms with van der Waals surface area (Å²) in [7, 11) is 0. The van der Waals surface area contributed by atoms with E-state index in [1.54, 1.807) is 0 Å². The van der Waals surface area contributed by atoms with Crippen molar-refractivity contribution in [3.63, 3.8) is 0 Å². The van der Waals surface area contributed by atoms with Gasteiger partial charge in [-0.1, -0.05) is 213 Å². The Bertz CT molecular complexity index is 2860. The van der Waals surface area contributed by atoms with E-state index in [1.807, 2.05) is 32.0 Å². The number of fused-ring (bicyclic) bond motifs is 6. The van der Waals surface area contributed by atoms with Crippen molar-refractivity contribution < 1.29 is 0 Å². The number of para-hydroxylation sites is 1. The second-order valence-corrected chi connectivity index (χ2v) is 14.4. The zero-order chi connectivity index (χ0) is 40.3. The maximum absolute atomic E-state index is 2.37. The highest BCUT2D eigenvalue weighted by molar-refractivity contribution is 6.14. The van der Waals surface area contributed by atoms with Crippen LogP contribution in [0.15, 0.2) is 218 Å². The van der Waals surface area contributed by atoms with Gasteiger partial charge in [0.25, 0.3) is 0 Å². The fraction of sp³-hybridized carbons (Fsp3) is 0.0877. The van der Waals surface area contributed by atoms with Crippen LogP contribution in [0.4, 0.5) is 17.1 Å². The molecule has 0 unspecified atom stereocenters. The Hall–Kier alpha value is -6.96. The summed E-state index contributed by atoms with van der Waals surface area (Å²) in [6.45, 7) is 10.4. The molecule has 0 saturated carbocycles. The van der Waals surface area contributed by atoms with Gasteiger partial charge in [-0.05, 0) is 105 Å². The van der Waals surface area contributed by atoms with Gasteiger partial charge < -0.3 is 4.90 Å². The van der Waals surface area contributed by atoms with E-state index in [1.165, 1.54) is 76.6 Å². The molecule has 0 saturated heterocycles. The molecule has 1 heteroatoms. The maximum Gasteiger partial charge on any atom is 0.0546 e. The Kier molecular flexibility index (Phi) is 12.7. The van der Waals surface area contributed by atoms with Crippen molar-refractivity contribution in [3.8, 4) is 11.1 Å². The molecular formula is C57H51N. The summed E-state index contributed by atoms with van der Waals surface area (Å²) in [6.07, 6.45) is 0. The van der Waals surface area contributed by atoms with Crippen LogP contribution in [0.5, 0.6) is 0 Å². The van der Waals surface area contributed by atoms with E-state index < -0.39 is 0 Å². The SMILES string of the molecule is CC.Cc1cc2ccccc2c2ccccc12.Cc1ccc(-c2ccc(N(c3ccccc3)c3cc4ccccc4c4ccccc34)cc2)cc1.Cc1ccccc1. The molecule has 0 bridgehead atoms. The molecule has 0 aliphatic heterocycles. The summed E-state index contributed by atoms with van der Waals surface area (Å²) < 4.78 is 0. The molecule has 0 spiro atoms. The first-order valence-corrected chi connectivity index (χ1v) is 20.3. The monoisotopic (exact) mass is 749 g/mol. The fourth-order valence-electron chi connectivity index (χ4n) is 7.55. The lowest BCUT2D eigenvalue weighted by atomic mass is 9.98. The van der Waals surface area contributed by atoms with E-state index in [-0.39, 0.29) is 0 Å². The number of hydrogen-bond acceptors (Lipinski definition) is 1. The minimum atomic E-state index is 1.14. The van der Waals surface area contributed by atoms with E-state index in [2.05, 4.69) is 226 Å². The predicted octanol–water partition coefficient (Wildman–Crippen LogP) is 16.8. The van der Waals surface area contributed by atoms with Gasteiger partial charge >= 0.3 is 0 Å². The van der Waals surface area contributed by atoms with Crippen LogP contribution in [0.1, 0.15) is 30.5 Å². The highest BCUT2D eigenvalue weighted by Gasteiger charge is 2.17. The summed E-state index contributed by atoms with van der Waals surface area (Å²) in [5.41, 5.74) is 9.88. The lowest BCUT2D eigenvalue weighted by Gasteiger charge is -2.27. The van der Waals surface area contributed by atoms with Gasteiger partial charge in [-0.2, -0.15) is 0 Å². The van der Waals surface area contributed by atoms with E-state index >= 15 is 0 Å². The van der Waals surface area contributed by atoms with E-state index in [4.69, 9.17) is 0 Å². The first-order valence-electron chi connectivity index (χ1n) is 20.3. The minimum absolute atomic E-state index is 1.14. The largest absolute Gasteiger partial charge is 0.310 e. The van der Waals surface area contributed by atoms with Gasteiger partial charge in [0.05, 0.1) is 5.69 Å². The fourth-order valence-corrected chi connectivity index (χ4v) is 7.55. The Morgan fingerprint density at radius 2 is 0.672 bits per heavy atom. The van der Waals surface area contributed by atoms with Crippen molar-refractivity contribution >= 4 is 60.2 Å². The topological polar surface area (TPSA) is 3.24 Å². The molecule has 0 fully saturated rings. The summed E-state index contributed by atoms with van der Waals surface area (Å²) in [4.78, 5) is 2.37. The highest BCUT2D eigenvalue weighted by atomic mass is 15.1. The van der Waals surface area contributed by atoms with Crippen LogP contribution >= 0.6 is 0 Å². The van der Waals surface area contributed by atoms with Gasteiger partial charge in [0, 0.05) is 16.8 Å². The third-order valence-corrected chi connectivity index (χ3v) is 10.4. The molecule has 0 heterocycles. The van der Waals surface area contributed by atoms with Crippen molar-refractivity contribution in [1.82, 2.24) is 0 Å². The number of hydrogen-bond donors (Lipinski definition) is 0. The molecule has 0 aliphatic carbocycles. The molecule has 0 aromatic heterocycles. The van der Waals surface area contributed by atoms with Crippen molar-refractivity contribution in [2.24, 2.45) is 0 Å². The Morgan fingerprint density at radius 3 is 1.21 bits per heavy atom.